The van der Waals surface area contributed by atoms with Crippen LogP contribution in [0.3, 0.4) is 0 Å². The van der Waals surface area contributed by atoms with E-state index in [1.54, 1.807) is 21.3 Å². The average Bonchev–Trinajstić information content (AvgIpc) is 3.54. The zero-order chi connectivity index (χ0) is 23.2. The first-order chi connectivity index (χ1) is 16.7. The molecule has 0 aliphatic carbocycles. The van der Waals surface area contributed by atoms with E-state index < -0.39 is 6.23 Å². The van der Waals surface area contributed by atoms with Crippen molar-refractivity contribution in [3.05, 3.63) is 71.3 Å². The van der Waals surface area contributed by atoms with Crippen LogP contribution < -0.4 is 28.4 Å². The summed E-state index contributed by atoms with van der Waals surface area (Å²) >= 11 is 0. The van der Waals surface area contributed by atoms with Crippen molar-refractivity contribution in [3.63, 3.8) is 0 Å². The molecule has 0 unspecified atom stereocenters. The molecule has 0 bridgehead atoms. The summed E-state index contributed by atoms with van der Waals surface area (Å²) in [5.74, 6) is 3.99. The zero-order valence-corrected chi connectivity index (χ0v) is 19.1. The van der Waals surface area contributed by atoms with Crippen molar-refractivity contribution >= 4 is 5.71 Å². The summed E-state index contributed by atoms with van der Waals surface area (Å²) in [6.45, 7) is 0.241. The maximum atomic E-state index is 6.48. The lowest BCUT2D eigenvalue weighted by molar-refractivity contribution is -0.0192. The number of hydrogen-bond acceptors (Lipinski definition) is 8. The van der Waals surface area contributed by atoms with Gasteiger partial charge in [0.15, 0.2) is 23.0 Å². The summed E-state index contributed by atoms with van der Waals surface area (Å²) in [6, 6.07) is 17.9. The van der Waals surface area contributed by atoms with Crippen LogP contribution in [0.2, 0.25) is 0 Å². The molecule has 2 atom stereocenters. The predicted octanol–water partition coefficient (Wildman–Crippen LogP) is 4.68. The number of nitrogens with zero attached hydrogens (tertiary/aromatic N) is 2. The Morgan fingerprint density at radius 1 is 0.853 bits per heavy atom. The van der Waals surface area contributed by atoms with Crippen molar-refractivity contribution < 1.29 is 28.4 Å². The van der Waals surface area contributed by atoms with Gasteiger partial charge in [0, 0.05) is 23.1 Å². The van der Waals surface area contributed by atoms with Gasteiger partial charge in [0.1, 0.15) is 5.75 Å². The third kappa shape index (κ3) is 3.17. The van der Waals surface area contributed by atoms with E-state index in [1.165, 1.54) is 0 Å². The first-order valence-electron chi connectivity index (χ1n) is 11.0. The second-order valence-electron chi connectivity index (χ2n) is 8.18. The van der Waals surface area contributed by atoms with Gasteiger partial charge in [0.05, 0.1) is 33.1 Å². The summed E-state index contributed by atoms with van der Waals surface area (Å²) in [6.07, 6.45) is 0.265. The van der Waals surface area contributed by atoms with Crippen LogP contribution in [0.5, 0.6) is 34.5 Å². The third-order valence-electron chi connectivity index (χ3n) is 6.38. The molecule has 6 rings (SSSR count). The smallest absolute Gasteiger partial charge is 0.231 e. The molecule has 0 saturated heterocycles. The molecule has 0 fully saturated rings. The molecule has 8 nitrogen and oxygen atoms in total. The van der Waals surface area contributed by atoms with Gasteiger partial charge < -0.3 is 28.4 Å². The number of benzene rings is 3. The number of para-hydroxylation sites is 1. The average molecular weight is 460 g/mol. The topological polar surface area (TPSA) is 71.0 Å². The third-order valence-corrected chi connectivity index (χ3v) is 6.38. The summed E-state index contributed by atoms with van der Waals surface area (Å²) < 4.78 is 34.2. The van der Waals surface area contributed by atoms with Gasteiger partial charge in [-0.3, -0.25) is 0 Å². The van der Waals surface area contributed by atoms with Crippen molar-refractivity contribution in [1.82, 2.24) is 5.01 Å². The van der Waals surface area contributed by atoms with E-state index in [2.05, 4.69) is 6.07 Å². The minimum atomic E-state index is -0.472. The highest BCUT2D eigenvalue weighted by atomic mass is 16.7. The molecule has 0 N–H and O–H groups in total. The Labute approximate surface area is 197 Å². The maximum absolute atomic E-state index is 6.48. The van der Waals surface area contributed by atoms with Crippen molar-refractivity contribution in [1.29, 1.82) is 0 Å². The van der Waals surface area contributed by atoms with Gasteiger partial charge in [-0.25, -0.2) is 5.01 Å². The first-order valence-corrected chi connectivity index (χ1v) is 11.0. The van der Waals surface area contributed by atoms with Gasteiger partial charge in [0.2, 0.25) is 18.8 Å². The fourth-order valence-corrected chi connectivity index (χ4v) is 4.75. The van der Waals surface area contributed by atoms with Gasteiger partial charge >= 0.3 is 0 Å². The van der Waals surface area contributed by atoms with Crippen molar-refractivity contribution in [2.24, 2.45) is 5.10 Å². The number of methoxy groups -OCH3 is 3. The van der Waals surface area contributed by atoms with Gasteiger partial charge in [-0.2, -0.15) is 5.10 Å². The monoisotopic (exact) mass is 460 g/mol. The van der Waals surface area contributed by atoms with Gasteiger partial charge in [-0.1, -0.05) is 18.2 Å². The summed E-state index contributed by atoms with van der Waals surface area (Å²) in [7, 11) is 4.80. The summed E-state index contributed by atoms with van der Waals surface area (Å²) in [5.41, 5.74) is 3.91. The highest BCUT2D eigenvalue weighted by Crippen LogP contribution is 2.50. The minimum absolute atomic E-state index is 0.0227. The van der Waals surface area contributed by atoms with Crippen LogP contribution in [0.15, 0.2) is 59.7 Å². The van der Waals surface area contributed by atoms with Crippen molar-refractivity contribution in [2.45, 2.75) is 18.7 Å². The maximum Gasteiger partial charge on any atom is 0.231 e. The molecule has 0 amide bonds. The van der Waals surface area contributed by atoms with Crippen LogP contribution in [-0.2, 0) is 0 Å². The lowest BCUT2D eigenvalue weighted by Gasteiger charge is -2.38. The van der Waals surface area contributed by atoms with Crippen molar-refractivity contribution in [2.75, 3.05) is 28.1 Å². The van der Waals surface area contributed by atoms with Crippen LogP contribution in [0.4, 0.5) is 0 Å². The molecule has 3 aliphatic heterocycles. The fourth-order valence-electron chi connectivity index (χ4n) is 4.75. The van der Waals surface area contributed by atoms with E-state index >= 15 is 0 Å². The molecule has 3 heterocycles. The van der Waals surface area contributed by atoms with Crippen LogP contribution in [0, 0.1) is 0 Å². The van der Waals surface area contributed by atoms with Gasteiger partial charge in [0.25, 0.3) is 0 Å². The SMILES string of the molecule is COc1cc([C@H]2Oc3ccccc3[C@@H]3CC(c4ccc5c(c4)OCO5)=NN23)cc(OC)c1OC. The van der Waals surface area contributed by atoms with Crippen molar-refractivity contribution in [3.8, 4) is 34.5 Å². The highest BCUT2D eigenvalue weighted by Gasteiger charge is 2.41. The van der Waals surface area contributed by atoms with E-state index in [4.69, 9.17) is 33.5 Å². The lowest BCUT2D eigenvalue weighted by atomic mass is 9.95. The standard InChI is InChI=1S/C26H24N2O6/c1-29-23-11-16(12-24(30-2)25(23)31-3)26-28-19(17-6-4-5-7-20(17)34-26)13-18(27-28)15-8-9-21-22(10-15)33-14-32-21/h4-12,19,26H,13-14H2,1-3H3/t19-,26+/m0/s1. The Hall–Kier alpha value is -4.07. The Morgan fingerprint density at radius 3 is 2.38 bits per heavy atom. The molecule has 0 saturated carbocycles. The van der Waals surface area contributed by atoms with E-state index in [-0.39, 0.29) is 12.8 Å². The first kappa shape index (κ1) is 20.5. The van der Waals surface area contributed by atoms with Crippen LogP contribution in [0.1, 0.15) is 35.4 Å². The zero-order valence-electron chi connectivity index (χ0n) is 19.1. The number of hydrazone groups is 1. The van der Waals surface area contributed by atoms with Gasteiger partial charge in [-0.05, 0) is 36.4 Å². The molecule has 0 radical (unpaired) electrons. The molecule has 34 heavy (non-hydrogen) atoms. The van der Waals surface area contributed by atoms with E-state index in [9.17, 15) is 0 Å². The molecule has 0 spiro atoms. The Morgan fingerprint density at radius 2 is 1.62 bits per heavy atom. The van der Waals surface area contributed by atoms with Crippen LogP contribution in [-0.4, -0.2) is 38.8 Å². The second-order valence-corrected chi connectivity index (χ2v) is 8.18. The number of fused-ring (bicyclic) bond motifs is 4. The molecule has 3 aromatic carbocycles. The Balaban J connectivity index is 1.45. The highest BCUT2D eigenvalue weighted by molar-refractivity contribution is 6.02. The quantitative estimate of drug-likeness (QED) is 0.547. The molecule has 3 aliphatic rings. The summed E-state index contributed by atoms with van der Waals surface area (Å²) in [5, 5.41) is 7.05. The summed E-state index contributed by atoms with van der Waals surface area (Å²) in [4.78, 5) is 0. The number of rotatable bonds is 5. The second kappa shape index (κ2) is 8.06. The van der Waals surface area contributed by atoms with Gasteiger partial charge in [-0.15, -0.1) is 0 Å². The molecule has 3 aromatic rings. The molecular weight excluding hydrogens is 436 g/mol. The lowest BCUT2D eigenvalue weighted by Crippen LogP contribution is -2.33. The van der Waals surface area contributed by atoms with Crippen LogP contribution >= 0.6 is 0 Å². The molecular formula is C26H24N2O6. The molecule has 8 heteroatoms. The number of hydrogen-bond donors (Lipinski definition) is 0. The largest absolute Gasteiger partial charge is 0.493 e. The minimum Gasteiger partial charge on any atom is -0.493 e. The molecule has 174 valence electrons. The Bertz CT molecular complexity index is 1270. The normalized spacial score (nSPS) is 19.6. The Kier molecular flexibility index (Phi) is 4.86. The van der Waals surface area contributed by atoms with E-state index in [0.29, 0.717) is 17.2 Å². The van der Waals surface area contributed by atoms with E-state index in [0.717, 1.165) is 46.1 Å². The van der Waals surface area contributed by atoms with E-state index in [1.807, 2.05) is 53.5 Å². The van der Waals surface area contributed by atoms with Crippen LogP contribution in [0.25, 0.3) is 0 Å². The number of ether oxygens (including phenoxy) is 6. The molecule has 0 aromatic heterocycles. The fraction of sp³-hybridized carbons (Fsp3) is 0.269. The predicted molar refractivity (Wildman–Crippen MR) is 124 cm³/mol.